The number of rotatable bonds is 5. The average Bonchev–Trinajstić information content (AvgIpc) is 2.86. The van der Waals surface area contributed by atoms with E-state index in [1.807, 2.05) is 19.1 Å². The monoisotopic (exact) mass is 382 g/mol. The number of anilines is 2. The van der Waals surface area contributed by atoms with Crippen LogP contribution < -0.4 is 10.2 Å². The molecule has 0 radical (unpaired) electrons. The van der Waals surface area contributed by atoms with Gasteiger partial charge in [0.25, 0.3) is 11.6 Å². The summed E-state index contributed by atoms with van der Waals surface area (Å²) in [6.45, 7) is 3.08. The zero-order valence-electron chi connectivity index (χ0n) is 15.3. The van der Waals surface area contributed by atoms with Crippen molar-refractivity contribution in [1.82, 2.24) is 4.90 Å². The smallest absolute Gasteiger partial charge is 0.325 e. The van der Waals surface area contributed by atoms with Gasteiger partial charge in [-0.3, -0.25) is 29.5 Å². The molecular weight excluding hydrogens is 364 g/mol. The Labute approximate surface area is 160 Å². The van der Waals surface area contributed by atoms with Gasteiger partial charge in [-0.15, -0.1) is 0 Å². The minimum absolute atomic E-state index is 0.106. The van der Waals surface area contributed by atoms with Gasteiger partial charge in [-0.05, 0) is 38.1 Å². The topological polar surface area (TPSA) is 113 Å². The van der Waals surface area contributed by atoms with Crippen molar-refractivity contribution < 1.29 is 19.3 Å². The van der Waals surface area contributed by atoms with Gasteiger partial charge in [0, 0.05) is 23.5 Å². The zero-order valence-corrected chi connectivity index (χ0v) is 15.3. The Bertz CT molecular complexity index is 940. The molecule has 1 saturated heterocycles. The number of nitro benzene ring substituents is 1. The molecule has 3 rings (SSSR count). The highest BCUT2D eigenvalue weighted by Crippen LogP contribution is 2.26. The van der Waals surface area contributed by atoms with E-state index in [0.717, 1.165) is 10.5 Å². The summed E-state index contributed by atoms with van der Waals surface area (Å²) in [4.78, 5) is 49.8. The molecule has 144 valence electrons. The van der Waals surface area contributed by atoms with Crippen LogP contribution in [0.5, 0.6) is 0 Å². The van der Waals surface area contributed by atoms with Crippen LogP contribution in [0.15, 0.2) is 48.5 Å². The van der Waals surface area contributed by atoms with E-state index in [4.69, 9.17) is 0 Å². The number of carbonyl (C=O) groups is 3. The fourth-order valence-corrected chi connectivity index (χ4v) is 2.92. The lowest BCUT2D eigenvalue weighted by Crippen LogP contribution is -2.39. The lowest BCUT2D eigenvalue weighted by Gasteiger charge is -2.19. The number of hydrogen-bond donors (Lipinski definition) is 1. The minimum Gasteiger partial charge on any atom is -0.325 e. The van der Waals surface area contributed by atoms with E-state index >= 15 is 0 Å². The maximum Gasteiger partial charge on any atom is 0.332 e. The van der Waals surface area contributed by atoms with Crippen LogP contribution in [0.4, 0.5) is 21.9 Å². The second kappa shape index (κ2) is 7.47. The molecule has 1 heterocycles. The normalized spacial score (nSPS) is 16.4. The van der Waals surface area contributed by atoms with Crippen molar-refractivity contribution in [2.24, 2.45) is 0 Å². The fourth-order valence-electron chi connectivity index (χ4n) is 2.92. The highest BCUT2D eigenvalue weighted by molar-refractivity contribution is 6.16. The molecule has 0 aliphatic carbocycles. The van der Waals surface area contributed by atoms with Crippen LogP contribution in [0.1, 0.15) is 12.5 Å². The molecule has 1 N–H and O–H groups in total. The van der Waals surface area contributed by atoms with E-state index < -0.39 is 35.4 Å². The van der Waals surface area contributed by atoms with Gasteiger partial charge in [-0.1, -0.05) is 17.7 Å². The van der Waals surface area contributed by atoms with Gasteiger partial charge >= 0.3 is 6.03 Å². The zero-order chi connectivity index (χ0) is 20.4. The van der Waals surface area contributed by atoms with E-state index in [-0.39, 0.29) is 5.69 Å². The maximum absolute atomic E-state index is 12.7. The van der Waals surface area contributed by atoms with Crippen molar-refractivity contribution in [3.8, 4) is 0 Å². The molecule has 2 aromatic carbocycles. The first-order valence-corrected chi connectivity index (χ1v) is 8.53. The lowest BCUT2D eigenvalue weighted by atomic mass is 10.2. The number of amides is 4. The number of nitrogens with one attached hydrogen (secondary N) is 1. The summed E-state index contributed by atoms with van der Waals surface area (Å²) in [6, 6.07) is 11.1. The predicted molar refractivity (Wildman–Crippen MR) is 102 cm³/mol. The van der Waals surface area contributed by atoms with Crippen molar-refractivity contribution in [3.63, 3.8) is 0 Å². The van der Waals surface area contributed by atoms with Crippen LogP contribution in [0, 0.1) is 17.0 Å². The number of imide groups is 1. The first kappa shape index (κ1) is 19.0. The van der Waals surface area contributed by atoms with Gasteiger partial charge in [-0.25, -0.2) is 4.79 Å². The van der Waals surface area contributed by atoms with Crippen LogP contribution >= 0.6 is 0 Å². The molecule has 0 bridgehead atoms. The Kier molecular flexibility index (Phi) is 5.08. The number of benzene rings is 2. The van der Waals surface area contributed by atoms with Crippen molar-refractivity contribution in [1.29, 1.82) is 0 Å². The number of nitro groups is 1. The third kappa shape index (κ3) is 3.68. The van der Waals surface area contributed by atoms with E-state index in [9.17, 15) is 24.5 Å². The third-order valence-corrected chi connectivity index (χ3v) is 4.42. The summed E-state index contributed by atoms with van der Waals surface area (Å²) < 4.78 is 0. The van der Waals surface area contributed by atoms with Gasteiger partial charge in [0.2, 0.25) is 5.91 Å². The van der Waals surface area contributed by atoms with Gasteiger partial charge < -0.3 is 5.32 Å². The second-order valence-corrected chi connectivity index (χ2v) is 6.44. The Morgan fingerprint density at radius 3 is 2.29 bits per heavy atom. The van der Waals surface area contributed by atoms with Crippen molar-refractivity contribution in [3.05, 3.63) is 64.2 Å². The molecule has 1 aliphatic heterocycles. The van der Waals surface area contributed by atoms with E-state index in [1.54, 1.807) is 19.1 Å². The molecule has 0 spiro atoms. The highest BCUT2D eigenvalue weighted by atomic mass is 16.6. The van der Waals surface area contributed by atoms with Crippen molar-refractivity contribution >= 4 is 34.9 Å². The Morgan fingerprint density at radius 2 is 1.71 bits per heavy atom. The fraction of sp³-hybridized carbons (Fsp3) is 0.211. The number of nitrogens with zero attached hydrogens (tertiary/aromatic N) is 3. The van der Waals surface area contributed by atoms with Crippen molar-refractivity contribution in [2.45, 2.75) is 19.9 Å². The average molecular weight is 382 g/mol. The summed E-state index contributed by atoms with van der Waals surface area (Å²) in [6.07, 6.45) is 0. The summed E-state index contributed by atoms with van der Waals surface area (Å²) in [5.41, 5.74) is 1.83. The molecule has 1 fully saturated rings. The van der Waals surface area contributed by atoms with E-state index in [2.05, 4.69) is 5.32 Å². The molecule has 1 atom stereocenters. The highest BCUT2D eigenvalue weighted by Gasteiger charge is 2.44. The summed E-state index contributed by atoms with van der Waals surface area (Å²) in [5.74, 6) is -1.04. The van der Waals surface area contributed by atoms with Crippen LogP contribution in [0.25, 0.3) is 0 Å². The van der Waals surface area contributed by atoms with Gasteiger partial charge in [0.1, 0.15) is 12.6 Å². The number of urea groups is 1. The largest absolute Gasteiger partial charge is 0.332 e. The first-order chi connectivity index (χ1) is 13.3. The number of non-ortho nitro benzene ring substituents is 1. The van der Waals surface area contributed by atoms with Crippen LogP contribution in [0.3, 0.4) is 0 Å². The summed E-state index contributed by atoms with van der Waals surface area (Å²) in [7, 11) is 0. The number of carbonyl (C=O) groups excluding carboxylic acids is 3. The molecule has 1 aliphatic rings. The molecule has 9 heteroatoms. The third-order valence-electron chi connectivity index (χ3n) is 4.42. The molecule has 0 aromatic heterocycles. The molecule has 0 saturated carbocycles. The minimum atomic E-state index is -0.720. The Hall–Kier alpha value is -3.75. The maximum atomic E-state index is 12.7. The Balaban J connectivity index is 1.70. The standard InChI is InChI=1S/C19H18N4O5/c1-12-3-7-15(8-4-12)22-13(2)18(25)21(19(22)26)11-17(24)20-14-5-9-16(10-6-14)23(27)28/h3-10,13H,11H2,1-2H3,(H,20,24)/t13-/m1/s1. The van der Waals surface area contributed by atoms with Crippen LogP contribution in [-0.4, -0.2) is 40.3 Å². The SMILES string of the molecule is Cc1ccc(N2C(=O)N(CC(=O)Nc3ccc([N+](=O)[O-])cc3)C(=O)[C@H]2C)cc1. The number of aryl methyl sites for hydroxylation is 1. The molecule has 4 amide bonds. The molecular formula is C19H18N4O5. The predicted octanol–water partition coefficient (Wildman–Crippen LogP) is 2.70. The van der Waals surface area contributed by atoms with Crippen LogP contribution in [0.2, 0.25) is 0 Å². The van der Waals surface area contributed by atoms with E-state index in [0.29, 0.717) is 11.4 Å². The Morgan fingerprint density at radius 1 is 1.11 bits per heavy atom. The van der Waals surface area contributed by atoms with Gasteiger partial charge in [0.05, 0.1) is 4.92 Å². The summed E-state index contributed by atoms with van der Waals surface area (Å²) in [5, 5.41) is 13.2. The lowest BCUT2D eigenvalue weighted by molar-refractivity contribution is -0.384. The van der Waals surface area contributed by atoms with Gasteiger partial charge in [0.15, 0.2) is 0 Å². The van der Waals surface area contributed by atoms with Gasteiger partial charge in [-0.2, -0.15) is 0 Å². The van der Waals surface area contributed by atoms with Crippen molar-refractivity contribution in [2.75, 3.05) is 16.8 Å². The summed E-state index contributed by atoms with van der Waals surface area (Å²) >= 11 is 0. The van der Waals surface area contributed by atoms with Crippen LogP contribution in [-0.2, 0) is 9.59 Å². The first-order valence-electron chi connectivity index (χ1n) is 8.53. The number of hydrogen-bond acceptors (Lipinski definition) is 5. The molecule has 28 heavy (non-hydrogen) atoms. The quantitative estimate of drug-likeness (QED) is 0.485. The second-order valence-electron chi connectivity index (χ2n) is 6.44. The van der Waals surface area contributed by atoms with E-state index in [1.165, 1.54) is 29.2 Å². The molecule has 9 nitrogen and oxygen atoms in total. The molecule has 2 aromatic rings. The molecule has 0 unspecified atom stereocenters.